The number of piperidine rings is 1. The molecule has 1 amide bonds. The van der Waals surface area contributed by atoms with Crippen molar-refractivity contribution in [2.75, 3.05) is 40.0 Å². The van der Waals surface area contributed by atoms with Gasteiger partial charge in [-0.15, -0.1) is 0 Å². The minimum absolute atomic E-state index is 0.0903. The fraction of sp³-hybridized carbons (Fsp3) is 0.481. The minimum atomic E-state index is -0.570. The lowest BCUT2D eigenvalue weighted by Gasteiger charge is -2.37. The third-order valence-electron chi connectivity index (χ3n) is 6.63. The fourth-order valence-electron chi connectivity index (χ4n) is 4.84. The van der Waals surface area contributed by atoms with Gasteiger partial charge in [0.15, 0.2) is 5.17 Å². The van der Waals surface area contributed by atoms with Crippen LogP contribution in [0.5, 0.6) is 0 Å². The molecule has 4 rings (SSSR count). The summed E-state index contributed by atoms with van der Waals surface area (Å²) in [5.74, 6) is -1.16. The van der Waals surface area contributed by atoms with Crippen molar-refractivity contribution >= 4 is 46.4 Å². The van der Waals surface area contributed by atoms with E-state index in [9.17, 15) is 14.4 Å². The van der Waals surface area contributed by atoms with Crippen molar-refractivity contribution in [1.82, 2.24) is 9.80 Å². The molecule has 1 aromatic rings. The van der Waals surface area contributed by atoms with Crippen LogP contribution in [0.2, 0.25) is 5.02 Å². The summed E-state index contributed by atoms with van der Waals surface area (Å²) in [7, 11) is 1.54. The molecular formula is C27H32ClN3O6S. The smallest absolute Gasteiger partial charge is 0.338 e. The number of likely N-dealkylation sites (tertiary alicyclic amines) is 1. The molecule has 11 heteroatoms. The topological polar surface area (TPSA) is 97.7 Å². The molecule has 0 bridgehead atoms. The normalized spacial score (nSPS) is 21.1. The highest BCUT2D eigenvalue weighted by Crippen LogP contribution is 2.45. The molecule has 0 radical (unpaired) electrons. The SMILES string of the molecule is CCOC(=O)[C@@H]1CCCN(C(=O)CC2=CSC3=NC(C)=C(C(=O)OCCOC)[C@H](c4cccc(Cl)c4)N23)C1. The van der Waals surface area contributed by atoms with Crippen LogP contribution >= 0.6 is 23.4 Å². The Kier molecular flexibility index (Phi) is 9.51. The summed E-state index contributed by atoms with van der Waals surface area (Å²) < 4.78 is 15.7. The number of amides is 1. The molecule has 0 aliphatic carbocycles. The zero-order valence-electron chi connectivity index (χ0n) is 21.8. The molecule has 0 aromatic heterocycles. The van der Waals surface area contributed by atoms with E-state index in [1.165, 1.54) is 18.9 Å². The van der Waals surface area contributed by atoms with E-state index in [4.69, 9.17) is 25.8 Å². The van der Waals surface area contributed by atoms with Gasteiger partial charge in [0.2, 0.25) is 5.91 Å². The molecule has 0 N–H and O–H groups in total. The first-order valence-electron chi connectivity index (χ1n) is 12.6. The third kappa shape index (κ3) is 6.24. The van der Waals surface area contributed by atoms with Crippen LogP contribution in [0.1, 0.15) is 44.7 Å². The van der Waals surface area contributed by atoms with Crippen LogP contribution in [0.3, 0.4) is 0 Å². The van der Waals surface area contributed by atoms with E-state index < -0.39 is 12.0 Å². The zero-order valence-corrected chi connectivity index (χ0v) is 23.3. The van der Waals surface area contributed by atoms with Gasteiger partial charge in [0.25, 0.3) is 0 Å². The molecule has 0 unspecified atom stereocenters. The number of methoxy groups -OCH3 is 1. The molecule has 0 spiro atoms. The quantitative estimate of drug-likeness (QED) is 0.325. The van der Waals surface area contributed by atoms with Crippen LogP contribution in [0.25, 0.3) is 0 Å². The zero-order chi connectivity index (χ0) is 27.2. The number of carbonyl (C=O) groups excluding carboxylic acids is 3. The number of rotatable bonds is 9. The Morgan fingerprint density at radius 3 is 2.76 bits per heavy atom. The van der Waals surface area contributed by atoms with Crippen LogP contribution in [-0.2, 0) is 28.6 Å². The summed E-state index contributed by atoms with van der Waals surface area (Å²) in [6.07, 6.45) is 1.55. The Bertz CT molecular complexity index is 1180. The van der Waals surface area contributed by atoms with Crippen molar-refractivity contribution in [3.05, 3.63) is 57.2 Å². The number of benzene rings is 1. The Hall–Kier alpha value is -2.82. The first-order valence-corrected chi connectivity index (χ1v) is 13.9. The second-order valence-corrected chi connectivity index (χ2v) is 10.5. The molecule has 9 nitrogen and oxygen atoms in total. The van der Waals surface area contributed by atoms with E-state index in [0.29, 0.717) is 47.6 Å². The maximum atomic E-state index is 13.4. The van der Waals surface area contributed by atoms with Gasteiger partial charge in [-0.25, -0.2) is 9.79 Å². The molecule has 204 valence electrons. The van der Waals surface area contributed by atoms with E-state index in [-0.39, 0.29) is 37.4 Å². The Balaban J connectivity index is 1.59. The molecule has 3 aliphatic rings. The minimum Gasteiger partial charge on any atom is -0.466 e. The number of nitrogens with zero attached hydrogens (tertiary/aromatic N) is 3. The number of fused-ring (bicyclic) bond motifs is 1. The van der Waals surface area contributed by atoms with Gasteiger partial charge < -0.3 is 24.0 Å². The van der Waals surface area contributed by atoms with Crippen LogP contribution in [-0.4, -0.2) is 72.8 Å². The highest BCUT2D eigenvalue weighted by Gasteiger charge is 2.42. The molecule has 2 atom stereocenters. The predicted octanol–water partition coefficient (Wildman–Crippen LogP) is 4.30. The number of halogens is 1. The van der Waals surface area contributed by atoms with E-state index in [1.54, 1.807) is 24.8 Å². The summed E-state index contributed by atoms with van der Waals surface area (Å²) in [6, 6.07) is 6.73. The van der Waals surface area contributed by atoms with Crippen LogP contribution in [0, 0.1) is 5.92 Å². The Labute approximate surface area is 231 Å². The van der Waals surface area contributed by atoms with E-state index in [1.807, 2.05) is 28.5 Å². The van der Waals surface area contributed by atoms with E-state index >= 15 is 0 Å². The van der Waals surface area contributed by atoms with E-state index in [0.717, 1.165) is 17.7 Å². The lowest BCUT2D eigenvalue weighted by Crippen LogP contribution is -2.44. The standard InChI is InChI=1S/C27H32ClN3O6S/c1-4-36-25(33)19-8-6-10-30(15-19)22(32)14-21-16-38-27-29-17(2)23(26(34)37-12-11-35-3)24(31(21)27)18-7-5-9-20(28)13-18/h5,7,9,13,16,19,24H,4,6,8,10-12,14-15H2,1-3H3/t19-,24+/m1/s1. The van der Waals surface area contributed by atoms with Gasteiger partial charge in [-0.05, 0) is 49.8 Å². The number of aliphatic imine (C=N–C) groups is 1. The number of esters is 2. The summed E-state index contributed by atoms with van der Waals surface area (Å²) in [5.41, 5.74) is 2.43. The second kappa shape index (κ2) is 12.8. The van der Waals surface area contributed by atoms with Crippen LogP contribution < -0.4 is 0 Å². The summed E-state index contributed by atoms with van der Waals surface area (Å²) in [5, 5.41) is 3.10. The summed E-state index contributed by atoms with van der Waals surface area (Å²) in [4.78, 5) is 47.3. The van der Waals surface area contributed by atoms with Crippen molar-refractivity contribution in [2.24, 2.45) is 10.9 Å². The first-order chi connectivity index (χ1) is 18.3. The summed E-state index contributed by atoms with van der Waals surface area (Å²) >= 11 is 7.75. The van der Waals surface area contributed by atoms with Gasteiger partial charge >= 0.3 is 11.9 Å². The highest BCUT2D eigenvalue weighted by molar-refractivity contribution is 8.16. The van der Waals surface area contributed by atoms with Crippen molar-refractivity contribution < 1.29 is 28.6 Å². The van der Waals surface area contributed by atoms with Crippen molar-refractivity contribution in [2.45, 2.75) is 39.2 Å². The molecule has 1 saturated heterocycles. The maximum absolute atomic E-state index is 13.4. The van der Waals surface area contributed by atoms with Crippen molar-refractivity contribution in [3.8, 4) is 0 Å². The maximum Gasteiger partial charge on any atom is 0.338 e. The molecule has 1 fully saturated rings. The first kappa shape index (κ1) is 28.2. The lowest BCUT2D eigenvalue weighted by molar-refractivity contribution is -0.151. The Morgan fingerprint density at radius 1 is 1.21 bits per heavy atom. The molecule has 38 heavy (non-hydrogen) atoms. The number of amidine groups is 1. The molecule has 1 aromatic carbocycles. The Morgan fingerprint density at radius 2 is 2.03 bits per heavy atom. The largest absolute Gasteiger partial charge is 0.466 e. The number of hydrogen-bond donors (Lipinski definition) is 0. The van der Waals surface area contributed by atoms with Crippen LogP contribution in [0.15, 0.2) is 51.6 Å². The second-order valence-electron chi connectivity index (χ2n) is 9.18. The van der Waals surface area contributed by atoms with Gasteiger partial charge in [-0.1, -0.05) is 35.5 Å². The number of carbonyl (C=O) groups is 3. The average molecular weight is 562 g/mol. The molecular weight excluding hydrogens is 530 g/mol. The molecule has 3 aliphatic heterocycles. The number of thioether (sulfide) groups is 1. The van der Waals surface area contributed by atoms with Gasteiger partial charge in [-0.2, -0.15) is 0 Å². The lowest BCUT2D eigenvalue weighted by atomic mass is 9.93. The van der Waals surface area contributed by atoms with Crippen molar-refractivity contribution in [3.63, 3.8) is 0 Å². The highest BCUT2D eigenvalue weighted by atomic mass is 35.5. The number of allylic oxidation sites excluding steroid dienone is 1. The summed E-state index contributed by atoms with van der Waals surface area (Å²) in [6.45, 7) is 5.19. The molecule has 0 saturated carbocycles. The average Bonchev–Trinajstić information content (AvgIpc) is 3.29. The fourth-order valence-corrected chi connectivity index (χ4v) is 6.00. The third-order valence-corrected chi connectivity index (χ3v) is 7.76. The van der Waals surface area contributed by atoms with Crippen molar-refractivity contribution in [1.29, 1.82) is 0 Å². The van der Waals surface area contributed by atoms with Gasteiger partial charge in [0.1, 0.15) is 6.61 Å². The number of hydrogen-bond acceptors (Lipinski definition) is 9. The number of ether oxygens (including phenoxy) is 3. The van der Waals surface area contributed by atoms with E-state index in [2.05, 4.69) is 4.99 Å². The monoisotopic (exact) mass is 561 g/mol. The van der Waals surface area contributed by atoms with Crippen LogP contribution in [0.4, 0.5) is 0 Å². The van der Waals surface area contributed by atoms with Gasteiger partial charge in [0.05, 0.1) is 42.9 Å². The van der Waals surface area contributed by atoms with Gasteiger partial charge in [0, 0.05) is 30.9 Å². The molecule has 3 heterocycles. The van der Waals surface area contributed by atoms with Gasteiger partial charge in [-0.3, -0.25) is 9.59 Å². The predicted molar refractivity (Wildman–Crippen MR) is 145 cm³/mol.